The average Bonchev–Trinajstić information content (AvgIpc) is 2.63. The highest BCUT2D eigenvalue weighted by Gasteiger charge is 2.10. The number of aromatic nitrogens is 4. The number of aliphatic hydroxyl groups excluding tert-OH is 1. The molecule has 0 aliphatic rings. The highest BCUT2D eigenvalue weighted by atomic mass is 35.5. The van der Waals surface area contributed by atoms with Crippen molar-refractivity contribution in [3.8, 4) is 0 Å². The molecule has 90 valence electrons. The molecule has 1 unspecified atom stereocenters. The van der Waals surface area contributed by atoms with E-state index in [2.05, 4.69) is 15.4 Å². The van der Waals surface area contributed by atoms with Gasteiger partial charge in [0.05, 0.1) is 13.2 Å². The van der Waals surface area contributed by atoms with Gasteiger partial charge in [0.25, 0.3) is 0 Å². The molecular formula is C11H13ClN4O. The molecule has 1 heterocycles. The summed E-state index contributed by atoms with van der Waals surface area (Å²) in [6.07, 6.45) is 0.386. The van der Waals surface area contributed by atoms with E-state index in [1.165, 1.54) is 4.80 Å². The maximum atomic E-state index is 9.90. The zero-order valence-corrected chi connectivity index (χ0v) is 10.2. The van der Waals surface area contributed by atoms with Crippen LogP contribution in [0.1, 0.15) is 11.4 Å². The number of halogens is 1. The van der Waals surface area contributed by atoms with Crippen LogP contribution in [-0.2, 0) is 19.9 Å². The third-order valence-electron chi connectivity index (χ3n) is 2.33. The standard InChI is InChI=1S/C11H13ClN4O/c1-16-14-11(13-15-16)7-10(17)6-8-3-2-4-9(12)5-8/h2-5,10,17H,6-7H2,1H3. The molecule has 2 aromatic rings. The maximum absolute atomic E-state index is 9.90. The van der Waals surface area contributed by atoms with Gasteiger partial charge in [-0.25, -0.2) is 0 Å². The van der Waals surface area contributed by atoms with Crippen LogP contribution in [0.5, 0.6) is 0 Å². The van der Waals surface area contributed by atoms with Gasteiger partial charge in [0, 0.05) is 11.4 Å². The zero-order valence-electron chi connectivity index (χ0n) is 9.41. The molecule has 0 fully saturated rings. The molecule has 0 saturated heterocycles. The summed E-state index contributed by atoms with van der Waals surface area (Å²) in [7, 11) is 1.69. The van der Waals surface area contributed by atoms with Crippen LogP contribution in [0.2, 0.25) is 5.02 Å². The highest BCUT2D eigenvalue weighted by Crippen LogP contribution is 2.13. The third-order valence-corrected chi connectivity index (χ3v) is 2.56. The molecule has 6 heteroatoms. The van der Waals surface area contributed by atoms with Gasteiger partial charge in [0.2, 0.25) is 0 Å². The Kier molecular flexibility index (Phi) is 3.71. The van der Waals surface area contributed by atoms with Crippen LogP contribution < -0.4 is 0 Å². The predicted octanol–water partition coefficient (Wildman–Crippen LogP) is 1.01. The van der Waals surface area contributed by atoms with Crippen LogP contribution in [0.15, 0.2) is 24.3 Å². The first-order chi connectivity index (χ1) is 8.13. The van der Waals surface area contributed by atoms with E-state index in [9.17, 15) is 5.11 Å². The van der Waals surface area contributed by atoms with Gasteiger partial charge in [-0.15, -0.1) is 10.2 Å². The van der Waals surface area contributed by atoms with Crippen molar-refractivity contribution in [1.82, 2.24) is 20.2 Å². The van der Waals surface area contributed by atoms with Gasteiger partial charge in [-0.05, 0) is 29.3 Å². The lowest BCUT2D eigenvalue weighted by molar-refractivity contribution is 0.173. The van der Waals surface area contributed by atoms with Crippen LogP contribution in [0.25, 0.3) is 0 Å². The molecule has 0 aliphatic heterocycles. The van der Waals surface area contributed by atoms with Crippen molar-refractivity contribution in [2.75, 3.05) is 0 Å². The molecule has 1 atom stereocenters. The molecule has 0 bridgehead atoms. The summed E-state index contributed by atoms with van der Waals surface area (Å²) < 4.78 is 0. The van der Waals surface area contributed by atoms with E-state index in [4.69, 9.17) is 11.6 Å². The Hall–Kier alpha value is -1.46. The Morgan fingerprint density at radius 2 is 2.24 bits per heavy atom. The first-order valence-electron chi connectivity index (χ1n) is 5.29. The minimum absolute atomic E-state index is 0.389. The normalized spacial score (nSPS) is 12.6. The van der Waals surface area contributed by atoms with E-state index in [0.717, 1.165) is 5.56 Å². The number of benzene rings is 1. The van der Waals surface area contributed by atoms with Crippen LogP contribution in [0.4, 0.5) is 0 Å². The van der Waals surface area contributed by atoms with Crippen LogP contribution in [-0.4, -0.2) is 31.4 Å². The largest absolute Gasteiger partial charge is 0.392 e. The topological polar surface area (TPSA) is 63.8 Å². The van der Waals surface area contributed by atoms with Gasteiger partial charge in [-0.3, -0.25) is 0 Å². The number of rotatable bonds is 4. The molecule has 2 rings (SSSR count). The van der Waals surface area contributed by atoms with Gasteiger partial charge >= 0.3 is 0 Å². The Balaban J connectivity index is 1.95. The van der Waals surface area contributed by atoms with Crippen molar-refractivity contribution in [2.24, 2.45) is 7.05 Å². The van der Waals surface area contributed by atoms with Crippen molar-refractivity contribution in [3.63, 3.8) is 0 Å². The van der Waals surface area contributed by atoms with Crippen molar-refractivity contribution >= 4 is 11.6 Å². The lowest BCUT2D eigenvalue weighted by Gasteiger charge is -2.08. The number of hydrogen-bond donors (Lipinski definition) is 1. The number of hydrogen-bond acceptors (Lipinski definition) is 4. The van der Waals surface area contributed by atoms with Gasteiger partial charge in [-0.1, -0.05) is 23.7 Å². The van der Waals surface area contributed by atoms with Crippen molar-refractivity contribution in [3.05, 3.63) is 40.7 Å². The minimum atomic E-state index is -0.530. The summed E-state index contributed by atoms with van der Waals surface area (Å²) in [6.45, 7) is 0. The van der Waals surface area contributed by atoms with Gasteiger partial charge in [0.1, 0.15) is 0 Å². The fourth-order valence-electron chi connectivity index (χ4n) is 1.62. The summed E-state index contributed by atoms with van der Waals surface area (Å²) in [5.41, 5.74) is 0.994. The number of tetrazole rings is 1. The molecule has 0 saturated carbocycles. The summed E-state index contributed by atoms with van der Waals surface area (Å²) in [5.74, 6) is 0.544. The summed E-state index contributed by atoms with van der Waals surface area (Å²) in [4.78, 5) is 1.38. The SMILES string of the molecule is Cn1nnc(CC(O)Cc2cccc(Cl)c2)n1. The molecule has 0 aliphatic carbocycles. The van der Waals surface area contributed by atoms with Gasteiger partial charge < -0.3 is 5.11 Å². The monoisotopic (exact) mass is 252 g/mol. The fraction of sp³-hybridized carbons (Fsp3) is 0.364. The molecule has 1 N–H and O–H groups in total. The first-order valence-corrected chi connectivity index (χ1v) is 5.66. The van der Waals surface area contributed by atoms with E-state index in [0.29, 0.717) is 23.7 Å². The summed E-state index contributed by atoms with van der Waals surface area (Å²) in [5, 5.41) is 22.1. The molecule has 5 nitrogen and oxygen atoms in total. The Morgan fingerprint density at radius 3 is 2.88 bits per heavy atom. The highest BCUT2D eigenvalue weighted by molar-refractivity contribution is 6.30. The number of nitrogens with zero attached hydrogens (tertiary/aromatic N) is 4. The average molecular weight is 253 g/mol. The van der Waals surface area contributed by atoms with Crippen molar-refractivity contribution < 1.29 is 5.11 Å². The van der Waals surface area contributed by atoms with E-state index in [-0.39, 0.29) is 0 Å². The van der Waals surface area contributed by atoms with Gasteiger partial charge in [-0.2, -0.15) is 4.80 Å². The number of aryl methyl sites for hydroxylation is 1. The van der Waals surface area contributed by atoms with Crippen LogP contribution in [0.3, 0.4) is 0 Å². The predicted molar refractivity (Wildman–Crippen MR) is 63.7 cm³/mol. The lowest BCUT2D eigenvalue weighted by atomic mass is 10.1. The van der Waals surface area contributed by atoms with E-state index in [1.807, 2.05) is 24.3 Å². The third kappa shape index (κ3) is 3.51. The summed E-state index contributed by atoms with van der Waals surface area (Å²) in [6, 6.07) is 7.45. The summed E-state index contributed by atoms with van der Waals surface area (Å²) >= 11 is 5.87. The quantitative estimate of drug-likeness (QED) is 0.882. The van der Waals surface area contributed by atoms with Crippen molar-refractivity contribution in [1.29, 1.82) is 0 Å². The Labute approximate surface area is 104 Å². The molecule has 0 radical (unpaired) electrons. The molecule has 1 aromatic carbocycles. The molecule has 0 amide bonds. The minimum Gasteiger partial charge on any atom is -0.392 e. The van der Waals surface area contributed by atoms with Crippen LogP contribution >= 0.6 is 11.6 Å². The zero-order chi connectivity index (χ0) is 12.3. The second-order valence-corrected chi connectivity index (χ2v) is 4.32. The fourth-order valence-corrected chi connectivity index (χ4v) is 1.84. The molecule has 17 heavy (non-hydrogen) atoms. The molecule has 1 aromatic heterocycles. The Bertz CT molecular complexity index is 500. The van der Waals surface area contributed by atoms with E-state index in [1.54, 1.807) is 7.05 Å². The Morgan fingerprint density at radius 1 is 1.41 bits per heavy atom. The number of aliphatic hydroxyl groups is 1. The maximum Gasteiger partial charge on any atom is 0.177 e. The van der Waals surface area contributed by atoms with Gasteiger partial charge in [0.15, 0.2) is 5.82 Å². The van der Waals surface area contributed by atoms with E-state index < -0.39 is 6.10 Å². The smallest absolute Gasteiger partial charge is 0.177 e. The second-order valence-electron chi connectivity index (χ2n) is 3.89. The second kappa shape index (κ2) is 5.25. The molecular weight excluding hydrogens is 240 g/mol. The van der Waals surface area contributed by atoms with Crippen molar-refractivity contribution in [2.45, 2.75) is 18.9 Å². The first kappa shape index (κ1) is 12.0. The lowest BCUT2D eigenvalue weighted by Crippen LogP contribution is -2.15. The van der Waals surface area contributed by atoms with Crippen LogP contribution in [0, 0.1) is 0 Å². The van der Waals surface area contributed by atoms with E-state index >= 15 is 0 Å². The molecule has 0 spiro atoms.